The van der Waals surface area contributed by atoms with Crippen molar-refractivity contribution in [2.24, 2.45) is 0 Å². The van der Waals surface area contributed by atoms with Gasteiger partial charge in [0, 0.05) is 39.8 Å². The quantitative estimate of drug-likeness (QED) is 0.601. The summed E-state index contributed by atoms with van der Waals surface area (Å²) >= 11 is 6.68. The lowest BCUT2D eigenvalue weighted by Crippen LogP contribution is -2.58. The van der Waals surface area contributed by atoms with Gasteiger partial charge in [0.05, 0.1) is 11.6 Å². The minimum Gasteiger partial charge on any atom is -0.507 e. The number of aromatic nitrogens is 1. The average Bonchev–Trinajstić information content (AvgIpc) is 3.01. The van der Waals surface area contributed by atoms with Gasteiger partial charge in [-0.2, -0.15) is 0 Å². The molecule has 3 aliphatic heterocycles. The van der Waals surface area contributed by atoms with Gasteiger partial charge in [0.2, 0.25) is 5.91 Å². The second kappa shape index (κ2) is 9.25. The molecule has 2 atom stereocenters. The average molecular weight is 534 g/mol. The third-order valence-electron chi connectivity index (χ3n) is 7.10. The molecule has 11 nitrogen and oxygen atoms in total. The number of phenolic OH excluding ortho intramolecular Hbond substituents is 1. The van der Waals surface area contributed by atoms with Crippen molar-refractivity contribution >= 4 is 35.3 Å². The smallest absolute Gasteiger partial charge is 0.407 e. The number of hydrogen-bond donors (Lipinski definition) is 2. The predicted octanol–water partition coefficient (Wildman–Crippen LogP) is 2.11. The first-order valence-electron chi connectivity index (χ1n) is 11.7. The molecule has 5 rings (SSSR count). The predicted molar refractivity (Wildman–Crippen MR) is 131 cm³/mol. The number of benzene rings is 1. The number of fused-ring (bicyclic) bond motifs is 2. The SMILES string of the molecule is C[C@H]1C(=O)N(C)CCN1c1nc(-c2c(O)cccc2F)c(Cl)c2c1C(=O)N1CCN(C(=O)O)C[C@@H]1CO2. The van der Waals surface area contributed by atoms with Crippen molar-refractivity contribution in [3.63, 3.8) is 0 Å². The molecule has 1 aromatic carbocycles. The fourth-order valence-electron chi connectivity index (χ4n) is 5.04. The highest BCUT2D eigenvalue weighted by Crippen LogP contribution is 2.46. The first-order chi connectivity index (χ1) is 17.6. The van der Waals surface area contributed by atoms with E-state index in [-0.39, 0.29) is 65.6 Å². The number of rotatable bonds is 2. The number of carbonyl (C=O) groups is 3. The minimum atomic E-state index is -1.10. The van der Waals surface area contributed by atoms with Crippen LogP contribution in [0, 0.1) is 5.82 Å². The summed E-state index contributed by atoms with van der Waals surface area (Å²) in [6.45, 7) is 2.59. The third-order valence-corrected chi connectivity index (χ3v) is 7.45. The van der Waals surface area contributed by atoms with Gasteiger partial charge in [-0.1, -0.05) is 17.7 Å². The molecule has 13 heteroatoms. The van der Waals surface area contributed by atoms with Crippen molar-refractivity contribution in [2.45, 2.75) is 19.0 Å². The third kappa shape index (κ3) is 4.05. The van der Waals surface area contributed by atoms with Crippen molar-refractivity contribution in [2.75, 3.05) is 51.3 Å². The van der Waals surface area contributed by atoms with Crippen LogP contribution in [0.4, 0.5) is 15.0 Å². The molecule has 0 aliphatic carbocycles. The van der Waals surface area contributed by atoms with Crippen LogP contribution in [0.5, 0.6) is 11.5 Å². The number of amides is 3. The zero-order valence-corrected chi connectivity index (χ0v) is 20.9. The van der Waals surface area contributed by atoms with Crippen LogP contribution >= 0.6 is 11.6 Å². The summed E-state index contributed by atoms with van der Waals surface area (Å²) in [5.41, 5.74) is -0.385. The highest BCUT2D eigenvalue weighted by Gasteiger charge is 2.42. The van der Waals surface area contributed by atoms with Crippen molar-refractivity contribution in [3.8, 4) is 22.8 Å². The Kier molecular flexibility index (Phi) is 6.22. The summed E-state index contributed by atoms with van der Waals surface area (Å²) in [7, 11) is 1.68. The summed E-state index contributed by atoms with van der Waals surface area (Å²) in [6, 6.07) is 2.48. The number of anilines is 1. The molecule has 2 N–H and O–H groups in total. The van der Waals surface area contributed by atoms with Crippen molar-refractivity contribution < 1.29 is 33.7 Å². The van der Waals surface area contributed by atoms with Gasteiger partial charge in [-0.05, 0) is 19.1 Å². The normalized spacial score (nSPS) is 21.8. The Hall–Kier alpha value is -3.80. The summed E-state index contributed by atoms with van der Waals surface area (Å²) in [4.78, 5) is 48.8. The van der Waals surface area contributed by atoms with Crippen LogP contribution in [0.2, 0.25) is 5.02 Å². The van der Waals surface area contributed by atoms with E-state index in [4.69, 9.17) is 16.3 Å². The zero-order chi connectivity index (χ0) is 26.6. The van der Waals surface area contributed by atoms with Crippen molar-refractivity contribution in [3.05, 3.63) is 34.6 Å². The fourth-order valence-corrected chi connectivity index (χ4v) is 5.33. The molecule has 2 fully saturated rings. The zero-order valence-electron chi connectivity index (χ0n) is 20.1. The number of likely N-dealkylation sites (N-methyl/N-ethyl adjacent to an activating group) is 1. The van der Waals surface area contributed by atoms with Crippen molar-refractivity contribution in [1.29, 1.82) is 0 Å². The topological polar surface area (TPSA) is 127 Å². The number of hydrogen-bond acceptors (Lipinski definition) is 7. The molecule has 0 radical (unpaired) electrons. The maximum absolute atomic E-state index is 14.9. The molecule has 0 saturated carbocycles. The number of aromatic hydroxyl groups is 1. The fraction of sp³-hybridized carbons (Fsp3) is 0.417. The standard InChI is InChI=1S/C24H25ClFN5O6/c1-12-22(33)28(2)6-8-30(12)21-17-20(18(25)19(27-21)16-14(26)4-3-5-15(16)32)37-11-13-10-29(24(35)36)7-9-31(13)23(17)34/h3-5,12-13,32H,6-11H2,1-2H3,(H,35,36)/t12-,13+/m0/s1. The molecule has 3 amide bonds. The molecular formula is C24H25ClFN5O6. The molecule has 2 aromatic rings. The maximum Gasteiger partial charge on any atom is 0.407 e. The van der Waals surface area contributed by atoms with Gasteiger partial charge in [-0.3, -0.25) is 9.59 Å². The van der Waals surface area contributed by atoms with Gasteiger partial charge >= 0.3 is 6.09 Å². The maximum atomic E-state index is 14.9. The summed E-state index contributed by atoms with van der Waals surface area (Å²) in [6.07, 6.45) is -1.10. The Bertz CT molecular complexity index is 1290. The number of carboxylic acid groups (broad SMARTS) is 1. The van der Waals surface area contributed by atoms with E-state index in [1.165, 1.54) is 21.9 Å². The Morgan fingerprint density at radius 1 is 1.16 bits per heavy atom. The molecule has 4 heterocycles. The highest BCUT2D eigenvalue weighted by molar-refractivity contribution is 6.35. The Labute approximate surface area is 216 Å². The monoisotopic (exact) mass is 533 g/mol. The number of pyridine rings is 1. The summed E-state index contributed by atoms with van der Waals surface area (Å²) in [5, 5.41) is 19.7. The molecule has 196 valence electrons. The molecule has 0 spiro atoms. The van der Waals surface area contributed by atoms with Crippen molar-refractivity contribution in [1.82, 2.24) is 19.7 Å². The van der Waals surface area contributed by atoms with Gasteiger partial charge in [-0.15, -0.1) is 0 Å². The van der Waals surface area contributed by atoms with Gasteiger partial charge < -0.3 is 34.5 Å². The van der Waals surface area contributed by atoms with E-state index in [9.17, 15) is 29.0 Å². The van der Waals surface area contributed by atoms with Crippen LogP contribution in [-0.2, 0) is 4.79 Å². The van der Waals surface area contributed by atoms with Gasteiger partial charge in [0.15, 0.2) is 5.75 Å². The lowest BCUT2D eigenvalue weighted by Gasteiger charge is -2.40. The van der Waals surface area contributed by atoms with E-state index in [1.807, 2.05) is 0 Å². The number of nitrogens with zero attached hydrogens (tertiary/aromatic N) is 5. The highest BCUT2D eigenvalue weighted by atomic mass is 35.5. The Morgan fingerprint density at radius 3 is 2.59 bits per heavy atom. The number of halogens is 2. The molecular weight excluding hydrogens is 509 g/mol. The number of carbonyl (C=O) groups excluding carboxylic acids is 2. The van der Waals surface area contributed by atoms with Crippen LogP contribution in [0.1, 0.15) is 17.3 Å². The van der Waals surface area contributed by atoms with E-state index < -0.39 is 35.7 Å². The lowest BCUT2D eigenvalue weighted by molar-refractivity contribution is -0.132. The van der Waals surface area contributed by atoms with Crippen LogP contribution in [-0.4, -0.2) is 106 Å². The first-order valence-corrected chi connectivity index (χ1v) is 12.1. The van der Waals surface area contributed by atoms with E-state index in [0.29, 0.717) is 13.1 Å². The van der Waals surface area contributed by atoms with E-state index >= 15 is 0 Å². The van der Waals surface area contributed by atoms with E-state index in [0.717, 1.165) is 6.07 Å². The molecule has 0 unspecified atom stereocenters. The van der Waals surface area contributed by atoms with Gasteiger partial charge in [0.25, 0.3) is 5.91 Å². The van der Waals surface area contributed by atoms with Crippen LogP contribution in [0.25, 0.3) is 11.3 Å². The number of phenols is 1. The molecule has 2 saturated heterocycles. The van der Waals surface area contributed by atoms with Crippen LogP contribution in [0.3, 0.4) is 0 Å². The lowest BCUT2D eigenvalue weighted by atomic mass is 10.0. The number of ether oxygens (including phenoxy) is 1. The summed E-state index contributed by atoms with van der Waals surface area (Å²) < 4.78 is 20.9. The number of piperazine rings is 2. The summed E-state index contributed by atoms with van der Waals surface area (Å²) in [5.74, 6) is -1.83. The second-order valence-corrected chi connectivity index (χ2v) is 9.64. The first kappa shape index (κ1) is 24.9. The Balaban J connectivity index is 1.71. The van der Waals surface area contributed by atoms with E-state index in [2.05, 4.69) is 4.98 Å². The molecule has 1 aromatic heterocycles. The van der Waals surface area contributed by atoms with Crippen LogP contribution < -0.4 is 9.64 Å². The largest absolute Gasteiger partial charge is 0.507 e. The second-order valence-electron chi connectivity index (χ2n) is 9.26. The Morgan fingerprint density at radius 2 is 1.89 bits per heavy atom. The molecule has 37 heavy (non-hydrogen) atoms. The van der Waals surface area contributed by atoms with E-state index in [1.54, 1.807) is 23.8 Å². The van der Waals surface area contributed by atoms with Gasteiger partial charge in [0.1, 0.15) is 46.3 Å². The molecule has 0 bridgehead atoms. The molecule has 3 aliphatic rings. The van der Waals surface area contributed by atoms with Crippen LogP contribution in [0.15, 0.2) is 18.2 Å². The van der Waals surface area contributed by atoms with Gasteiger partial charge in [-0.25, -0.2) is 14.2 Å². The minimum absolute atomic E-state index is 0.0139.